The Balaban J connectivity index is 2.85. The number of thioether (sulfide) groups is 1. The van der Waals surface area contributed by atoms with E-state index in [1.165, 1.54) is 10.8 Å². The fourth-order valence-electron chi connectivity index (χ4n) is 1.56. The van der Waals surface area contributed by atoms with Gasteiger partial charge in [-0.05, 0) is 29.5 Å². The van der Waals surface area contributed by atoms with Crippen molar-refractivity contribution in [3.8, 4) is 5.92 Å². The van der Waals surface area contributed by atoms with E-state index in [-0.39, 0.29) is 0 Å². The normalized spacial score (nSPS) is 10.0. The van der Waals surface area contributed by atoms with Crippen molar-refractivity contribution in [1.82, 2.24) is 0 Å². The third-order valence-electron chi connectivity index (χ3n) is 2.22. The smallest absolute Gasteiger partial charge is 0.0397 e. The minimum atomic E-state index is 0.871. The largest absolute Gasteiger partial charge is 0.128 e. The molecular formula is C13H9S. The predicted octanol–water partition coefficient (Wildman–Crippen LogP) is 3.50. The van der Waals surface area contributed by atoms with E-state index >= 15 is 0 Å². The summed E-state index contributed by atoms with van der Waals surface area (Å²) in [6.07, 6.45) is 9.23. The van der Waals surface area contributed by atoms with E-state index in [0.29, 0.717) is 0 Å². The molecule has 67 valence electrons. The second-order valence-corrected chi connectivity index (χ2v) is 3.81. The lowest BCUT2D eigenvalue weighted by Crippen LogP contribution is -1.82. The van der Waals surface area contributed by atoms with Crippen LogP contribution in [0.5, 0.6) is 0 Å². The maximum Gasteiger partial charge on any atom is 0.0397 e. The molecule has 0 amide bonds. The number of hydrogen-bond donors (Lipinski definition) is 0. The molecule has 2 aromatic rings. The fraction of sp³-hybridized carbons (Fsp3) is 0.0769. The van der Waals surface area contributed by atoms with Crippen molar-refractivity contribution in [2.75, 3.05) is 6.26 Å². The highest BCUT2D eigenvalue weighted by atomic mass is 32.2. The van der Waals surface area contributed by atoms with Gasteiger partial charge in [0.05, 0.1) is 0 Å². The minimum absolute atomic E-state index is 0.871. The number of rotatable bonds is 1. The Kier molecular flexibility index (Phi) is 2.47. The Morgan fingerprint density at radius 2 is 1.93 bits per heavy atom. The fourth-order valence-corrected chi connectivity index (χ4v) is 2.31. The lowest BCUT2D eigenvalue weighted by molar-refractivity contribution is 1.49. The molecule has 0 atom stereocenters. The molecule has 1 radical (unpaired) electrons. The first-order chi connectivity index (χ1) is 6.86. The first kappa shape index (κ1) is 9.18. The van der Waals surface area contributed by atoms with Crippen molar-refractivity contribution in [2.45, 2.75) is 4.90 Å². The Bertz CT molecular complexity index is 506. The highest BCUT2D eigenvalue weighted by molar-refractivity contribution is 7.98. The zero-order valence-electron chi connectivity index (χ0n) is 7.87. The summed E-state index contributed by atoms with van der Waals surface area (Å²) in [6, 6.07) is 12.2. The summed E-state index contributed by atoms with van der Waals surface area (Å²) in [5, 5.41) is 2.42. The van der Waals surface area contributed by atoms with Crippen LogP contribution in [-0.4, -0.2) is 6.26 Å². The van der Waals surface area contributed by atoms with E-state index in [9.17, 15) is 0 Å². The van der Waals surface area contributed by atoms with E-state index in [0.717, 1.165) is 10.5 Å². The Labute approximate surface area is 88.3 Å². The average Bonchev–Trinajstić information content (AvgIpc) is 2.27. The number of hydrogen-bond acceptors (Lipinski definition) is 1. The summed E-state index contributed by atoms with van der Waals surface area (Å²) in [5.41, 5.74) is 0.871. The zero-order chi connectivity index (χ0) is 9.97. The molecule has 2 aromatic carbocycles. The second-order valence-electron chi connectivity index (χ2n) is 2.99. The molecule has 0 aromatic heterocycles. The van der Waals surface area contributed by atoms with Crippen molar-refractivity contribution in [2.24, 2.45) is 0 Å². The SMILES string of the molecule is [C]#Cc1ccc2ccccc2c1SC. The van der Waals surface area contributed by atoms with Gasteiger partial charge in [0.25, 0.3) is 0 Å². The molecular weight excluding hydrogens is 188 g/mol. The van der Waals surface area contributed by atoms with Crippen molar-refractivity contribution in [1.29, 1.82) is 0 Å². The summed E-state index contributed by atoms with van der Waals surface area (Å²) in [6.45, 7) is 0. The Hall–Kier alpha value is -1.39. The van der Waals surface area contributed by atoms with Gasteiger partial charge in [0, 0.05) is 10.5 Å². The predicted molar refractivity (Wildman–Crippen MR) is 62.0 cm³/mol. The van der Waals surface area contributed by atoms with Crippen molar-refractivity contribution in [3.63, 3.8) is 0 Å². The summed E-state index contributed by atoms with van der Waals surface area (Å²) in [5.74, 6) is 2.47. The van der Waals surface area contributed by atoms with E-state index in [4.69, 9.17) is 6.42 Å². The van der Waals surface area contributed by atoms with Crippen molar-refractivity contribution >= 4 is 22.5 Å². The van der Waals surface area contributed by atoms with Gasteiger partial charge in [-0.1, -0.05) is 36.3 Å². The van der Waals surface area contributed by atoms with Crippen LogP contribution in [0.2, 0.25) is 0 Å². The van der Waals surface area contributed by atoms with Gasteiger partial charge in [0.1, 0.15) is 0 Å². The second kappa shape index (κ2) is 3.77. The molecule has 0 aliphatic carbocycles. The van der Waals surface area contributed by atoms with Crippen LogP contribution < -0.4 is 0 Å². The molecule has 0 saturated carbocycles. The number of fused-ring (bicyclic) bond motifs is 1. The van der Waals surface area contributed by atoms with Gasteiger partial charge in [0.2, 0.25) is 0 Å². The quantitative estimate of drug-likeness (QED) is 0.498. The van der Waals surface area contributed by atoms with Crippen LogP contribution in [0.3, 0.4) is 0 Å². The highest BCUT2D eigenvalue weighted by Gasteiger charge is 2.03. The average molecular weight is 197 g/mol. The van der Waals surface area contributed by atoms with Crippen LogP contribution in [0.4, 0.5) is 0 Å². The Morgan fingerprint density at radius 3 is 2.64 bits per heavy atom. The maximum atomic E-state index is 7.20. The van der Waals surface area contributed by atoms with E-state index in [2.05, 4.69) is 18.1 Å². The molecule has 0 aliphatic rings. The van der Waals surface area contributed by atoms with Gasteiger partial charge in [-0.3, -0.25) is 0 Å². The summed E-state index contributed by atoms with van der Waals surface area (Å²) in [7, 11) is 0. The van der Waals surface area contributed by atoms with Crippen LogP contribution in [0.25, 0.3) is 10.8 Å². The van der Waals surface area contributed by atoms with Gasteiger partial charge in [-0.15, -0.1) is 11.8 Å². The van der Waals surface area contributed by atoms with Gasteiger partial charge in [-0.25, -0.2) is 0 Å². The van der Waals surface area contributed by atoms with Gasteiger partial charge in [0.15, 0.2) is 0 Å². The molecule has 2 rings (SSSR count). The molecule has 14 heavy (non-hydrogen) atoms. The molecule has 0 heterocycles. The zero-order valence-corrected chi connectivity index (χ0v) is 8.69. The van der Waals surface area contributed by atoms with Crippen LogP contribution in [0.1, 0.15) is 5.56 Å². The lowest BCUT2D eigenvalue weighted by atomic mass is 10.1. The molecule has 0 N–H and O–H groups in total. The van der Waals surface area contributed by atoms with Crippen molar-refractivity contribution < 1.29 is 0 Å². The molecule has 0 bridgehead atoms. The topological polar surface area (TPSA) is 0 Å². The van der Waals surface area contributed by atoms with E-state index < -0.39 is 0 Å². The third kappa shape index (κ3) is 1.38. The first-order valence-corrected chi connectivity index (χ1v) is 5.58. The highest BCUT2D eigenvalue weighted by Crippen LogP contribution is 2.29. The monoisotopic (exact) mass is 197 g/mol. The first-order valence-electron chi connectivity index (χ1n) is 4.35. The standard InChI is InChI=1S/C13H9S/c1-3-10-8-9-11-6-4-5-7-12(11)13(10)14-2/h4-9H,2H3. The van der Waals surface area contributed by atoms with Crippen LogP contribution in [0.15, 0.2) is 41.3 Å². The molecule has 0 nitrogen and oxygen atoms in total. The molecule has 0 unspecified atom stereocenters. The molecule has 0 spiro atoms. The molecule has 0 aliphatic heterocycles. The van der Waals surface area contributed by atoms with Gasteiger partial charge >= 0.3 is 0 Å². The lowest BCUT2D eigenvalue weighted by Gasteiger charge is -2.05. The van der Waals surface area contributed by atoms with Crippen LogP contribution >= 0.6 is 11.8 Å². The Morgan fingerprint density at radius 1 is 1.14 bits per heavy atom. The van der Waals surface area contributed by atoms with Gasteiger partial charge in [-0.2, -0.15) is 0 Å². The molecule has 1 heteroatoms. The van der Waals surface area contributed by atoms with Gasteiger partial charge < -0.3 is 0 Å². The molecule has 0 saturated heterocycles. The van der Waals surface area contributed by atoms with Crippen LogP contribution in [0, 0.1) is 12.3 Å². The summed E-state index contributed by atoms with van der Waals surface area (Å²) < 4.78 is 0. The van der Waals surface area contributed by atoms with E-state index in [1.807, 2.05) is 30.5 Å². The van der Waals surface area contributed by atoms with E-state index in [1.54, 1.807) is 11.8 Å². The number of benzene rings is 2. The summed E-state index contributed by atoms with van der Waals surface area (Å²) in [4.78, 5) is 1.14. The van der Waals surface area contributed by atoms with Crippen LogP contribution in [-0.2, 0) is 0 Å². The third-order valence-corrected chi connectivity index (χ3v) is 3.07. The molecule has 0 fully saturated rings. The summed E-state index contributed by atoms with van der Waals surface area (Å²) >= 11 is 1.67. The minimum Gasteiger partial charge on any atom is -0.128 e. The van der Waals surface area contributed by atoms with Crippen molar-refractivity contribution in [3.05, 3.63) is 48.4 Å². The maximum absolute atomic E-state index is 7.20.